The van der Waals surface area contributed by atoms with E-state index in [1.807, 2.05) is 48.7 Å². The fraction of sp³-hybridized carbons (Fsp3) is 0.0476. The first-order chi connectivity index (χ1) is 23.1. The zero-order valence-electron chi connectivity index (χ0n) is 26.2. The minimum absolute atomic E-state index is 0.875. The van der Waals surface area contributed by atoms with Crippen LogP contribution in [0.25, 0.3) is 62.3 Å². The van der Waals surface area contributed by atoms with Gasteiger partial charge in [-0.2, -0.15) is 0 Å². The second kappa shape index (κ2) is 13.2. The molecule has 3 heterocycles. The van der Waals surface area contributed by atoms with Crippen molar-refractivity contribution in [1.82, 2.24) is 0 Å². The molecule has 0 aliphatic carbocycles. The summed E-state index contributed by atoms with van der Waals surface area (Å²) in [5.41, 5.74) is 4.96. The minimum atomic E-state index is 0.875. The monoisotopic (exact) mass is 709 g/mol. The molecule has 2 nitrogen and oxygen atoms in total. The first-order valence-corrected chi connectivity index (χ1v) is 18.0. The molecule has 0 bridgehead atoms. The topological polar surface area (TPSA) is 16.4 Å². The molecule has 230 valence electrons. The van der Waals surface area contributed by atoms with Crippen LogP contribution >= 0.6 is 38.6 Å². The Kier molecular flexibility index (Phi) is 8.70. The summed E-state index contributed by atoms with van der Waals surface area (Å²) in [5, 5.41) is 7.33. The van der Waals surface area contributed by atoms with Crippen molar-refractivity contribution in [3.05, 3.63) is 151 Å². The van der Waals surface area contributed by atoms with Crippen molar-refractivity contribution in [1.29, 1.82) is 0 Å². The van der Waals surface area contributed by atoms with Gasteiger partial charge in [-0.05, 0) is 66.7 Å². The molecule has 0 aliphatic heterocycles. The van der Waals surface area contributed by atoms with Gasteiger partial charge in [0, 0.05) is 67.0 Å². The van der Waals surface area contributed by atoms with Gasteiger partial charge in [0.15, 0.2) is 5.58 Å². The standard InChI is InChI=1S/C36H20BrNOS2.C4H6.C2H6/c37-21-17-29-24-7-1-4-10-31(24)39-36(29)30(18-21)38(22-13-15-34-27(19-22)25-8-2-5-11-32(25)40-34)23-14-16-35-28(20-23)26-9-3-6-12-33(26)41-35;1-3-4-2;1-2/h1-20H;3-4H,1-2H2;1-2H3. The van der Waals surface area contributed by atoms with Crippen LogP contribution in [0.2, 0.25) is 0 Å². The third-order valence-electron chi connectivity index (χ3n) is 8.07. The van der Waals surface area contributed by atoms with Crippen molar-refractivity contribution in [3.63, 3.8) is 0 Å². The largest absolute Gasteiger partial charge is 0.454 e. The number of hydrogen-bond acceptors (Lipinski definition) is 4. The number of benzene rings is 6. The maximum atomic E-state index is 6.59. The Morgan fingerprint density at radius 2 is 1.04 bits per heavy atom. The lowest BCUT2D eigenvalue weighted by Crippen LogP contribution is -2.10. The molecule has 9 rings (SSSR count). The molecule has 0 amide bonds. The van der Waals surface area contributed by atoms with Crippen LogP contribution in [0, 0.1) is 0 Å². The zero-order valence-corrected chi connectivity index (χ0v) is 29.4. The molecule has 6 aromatic carbocycles. The molecule has 0 saturated heterocycles. The molecule has 0 aliphatic rings. The predicted molar refractivity (Wildman–Crippen MR) is 214 cm³/mol. The second-order valence-electron chi connectivity index (χ2n) is 10.8. The highest BCUT2D eigenvalue weighted by Gasteiger charge is 2.22. The number of anilines is 3. The Morgan fingerprint density at radius 1 is 0.553 bits per heavy atom. The molecule has 0 N–H and O–H groups in total. The van der Waals surface area contributed by atoms with E-state index < -0.39 is 0 Å². The molecule has 0 atom stereocenters. The van der Waals surface area contributed by atoms with Crippen LogP contribution in [0.3, 0.4) is 0 Å². The van der Waals surface area contributed by atoms with E-state index in [-0.39, 0.29) is 0 Å². The van der Waals surface area contributed by atoms with Gasteiger partial charge in [0.05, 0.1) is 5.69 Å². The van der Waals surface area contributed by atoms with E-state index in [1.54, 1.807) is 12.2 Å². The predicted octanol–water partition coefficient (Wildman–Crippen LogP) is 14.9. The number of para-hydroxylation sites is 1. The summed E-state index contributed by atoms with van der Waals surface area (Å²) >= 11 is 7.52. The van der Waals surface area contributed by atoms with Crippen molar-refractivity contribution in [3.8, 4) is 0 Å². The maximum absolute atomic E-state index is 6.59. The van der Waals surface area contributed by atoms with Gasteiger partial charge < -0.3 is 9.32 Å². The van der Waals surface area contributed by atoms with Crippen LogP contribution in [-0.2, 0) is 0 Å². The number of thiophene rings is 2. The number of fused-ring (bicyclic) bond motifs is 9. The summed E-state index contributed by atoms with van der Waals surface area (Å²) < 4.78 is 12.8. The average molecular weight is 711 g/mol. The van der Waals surface area contributed by atoms with Crippen molar-refractivity contribution in [2.24, 2.45) is 0 Å². The molecule has 0 fully saturated rings. The van der Waals surface area contributed by atoms with Gasteiger partial charge in [-0.1, -0.05) is 110 Å². The number of halogens is 1. The fourth-order valence-corrected chi connectivity index (χ4v) is 8.69. The molecule has 3 aromatic heterocycles. The Labute approximate surface area is 290 Å². The number of allylic oxidation sites excluding steroid dienone is 2. The lowest BCUT2D eigenvalue weighted by molar-refractivity contribution is 0.669. The molecule has 9 aromatic rings. The van der Waals surface area contributed by atoms with Crippen LogP contribution < -0.4 is 4.90 Å². The van der Waals surface area contributed by atoms with Crippen molar-refractivity contribution in [2.75, 3.05) is 4.90 Å². The molecule has 0 spiro atoms. The molecule has 47 heavy (non-hydrogen) atoms. The number of nitrogens with zero attached hydrogens (tertiary/aromatic N) is 1. The van der Waals surface area contributed by atoms with Crippen molar-refractivity contribution < 1.29 is 4.42 Å². The SMILES string of the molecule is Brc1cc(N(c2ccc3sc4ccccc4c3c2)c2ccc3sc4ccccc4c3c2)c2oc3ccccc3c2c1.C=CC=C.CC. The van der Waals surface area contributed by atoms with E-state index in [0.29, 0.717) is 0 Å². The Hall–Kier alpha value is -4.68. The number of rotatable bonds is 4. The van der Waals surface area contributed by atoms with Crippen LogP contribution in [0.4, 0.5) is 17.1 Å². The summed E-state index contributed by atoms with van der Waals surface area (Å²) in [5.74, 6) is 0. The summed E-state index contributed by atoms with van der Waals surface area (Å²) in [7, 11) is 0. The van der Waals surface area contributed by atoms with Gasteiger partial charge in [-0.3, -0.25) is 0 Å². The van der Waals surface area contributed by atoms with Crippen LogP contribution in [-0.4, -0.2) is 0 Å². The van der Waals surface area contributed by atoms with E-state index in [2.05, 4.69) is 143 Å². The highest BCUT2D eigenvalue weighted by molar-refractivity contribution is 9.10. The minimum Gasteiger partial charge on any atom is -0.454 e. The van der Waals surface area contributed by atoms with Crippen molar-refractivity contribution in [2.45, 2.75) is 13.8 Å². The fourth-order valence-electron chi connectivity index (χ4n) is 6.07. The Balaban J connectivity index is 0.000000547. The number of furan rings is 1. The molecular formula is C42H32BrNOS2. The normalized spacial score (nSPS) is 11.0. The van der Waals surface area contributed by atoms with Gasteiger partial charge in [0.1, 0.15) is 5.58 Å². The smallest absolute Gasteiger partial charge is 0.159 e. The van der Waals surface area contributed by atoms with E-state index in [1.165, 1.54) is 40.3 Å². The Morgan fingerprint density at radius 3 is 1.60 bits per heavy atom. The maximum Gasteiger partial charge on any atom is 0.159 e. The van der Waals surface area contributed by atoms with Crippen LogP contribution in [0.15, 0.2) is 156 Å². The second-order valence-corrected chi connectivity index (χ2v) is 13.8. The highest BCUT2D eigenvalue weighted by Crippen LogP contribution is 2.47. The quantitative estimate of drug-likeness (QED) is 0.169. The van der Waals surface area contributed by atoms with E-state index >= 15 is 0 Å². The molecular weight excluding hydrogens is 679 g/mol. The van der Waals surface area contributed by atoms with Crippen LogP contribution in [0.5, 0.6) is 0 Å². The third-order valence-corrected chi connectivity index (χ3v) is 10.8. The third kappa shape index (κ3) is 5.55. The molecule has 0 unspecified atom stereocenters. The molecule has 0 radical (unpaired) electrons. The van der Waals surface area contributed by atoms with Gasteiger partial charge in [-0.15, -0.1) is 22.7 Å². The number of hydrogen-bond donors (Lipinski definition) is 0. The first-order valence-electron chi connectivity index (χ1n) is 15.6. The average Bonchev–Trinajstić information content (AvgIpc) is 3.80. The van der Waals surface area contributed by atoms with Crippen LogP contribution in [0.1, 0.15) is 13.8 Å². The summed E-state index contributed by atoms with van der Waals surface area (Å²) in [6, 6.07) is 43.6. The van der Waals surface area contributed by atoms with E-state index in [0.717, 1.165) is 43.5 Å². The molecule has 5 heteroatoms. The van der Waals surface area contributed by atoms with E-state index in [9.17, 15) is 0 Å². The zero-order chi connectivity index (χ0) is 32.5. The van der Waals surface area contributed by atoms with Gasteiger partial charge in [0.2, 0.25) is 0 Å². The lowest BCUT2D eigenvalue weighted by atomic mass is 10.1. The lowest BCUT2D eigenvalue weighted by Gasteiger charge is -2.26. The van der Waals surface area contributed by atoms with Gasteiger partial charge in [-0.25, -0.2) is 0 Å². The van der Waals surface area contributed by atoms with Gasteiger partial charge >= 0.3 is 0 Å². The van der Waals surface area contributed by atoms with Crippen molar-refractivity contribution >= 4 is 118 Å². The highest BCUT2D eigenvalue weighted by atomic mass is 79.9. The first kappa shape index (κ1) is 30.9. The Bertz CT molecular complexity index is 2450. The summed E-state index contributed by atoms with van der Waals surface area (Å²) in [6.07, 6.45) is 3.28. The molecule has 0 saturated carbocycles. The van der Waals surface area contributed by atoms with E-state index in [4.69, 9.17) is 4.42 Å². The summed E-state index contributed by atoms with van der Waals surface area (Å²) in [4.78, 5) is 2.35. The summed E-state index contributed by atoms with van der Waals surface area (Å²) in [6.45, 7) is 10.7. The van der Waals surface area contributed by atoms with Gasteiger partial charge in [0.25, 0.3) is 0 Å².